The number of rotatable bonds is 8. The first kappa shape index (κ1) is 25.7. The maximum absolute atomic E-state index is 12.1. The van der Waals surface area contributed by atoms with Crippen molar-refractivity contribution < 1.29 is 24.6 Å². The molecule has 2 fully saturated rings. The molecule has 2 saturated heterocycles. The third kappa shape index (κ3) is 9.22. The van der Waals surface area contributed by atoms with Crippen molar-refractivity contribution in [3.8, 4) is 0 Å². The second-order valence-corrected chi connectivity index (χ2v) is 9.11. The summed E-state index contributed by atoms with van der Waals surface area (Å²) in [5, 5.41) is 19.0. The van der Waals surface area contributed by atoms with Gasteiger partial charge in [0.25, 0.3) is 0 Å². The Bertz CT molecular complexity index is 600. The summed E-state index contributed by atoms with van der Waals surface area (Å²) in [6, 6.07) is -0.628. The second-order valence-electron chi connectivity index (χ2n) is 9.11. The molecule has 2 aliphatic rings. The van der Waals surface area contributed by atoms with Crippen molar-refractivity contribution in [1.29, 1.82) is 0 Å². The summed E-state index contributed by atoms with van der Waals surface area (Å²) in [6.45, 7) is 11.9. The van der Waals surface area contributed by atoms with Crippen LogP contribution < -0.4 is 0 Å². The molecule has 2 rings (SSSR count). The van der Waals surface area contributed by atoms with E-state index in [9.17, 15) is 19.5 Å². The van der Waals surface area contributed by atoms with E-state index in [2.05, 4.69) is 14.7 Å². The summed E-state index contributed by atoms with van der Waals surface area (Å²) in [6.07, 6.45) is 2.43. The first-order valence-electron chi connectivity index (χ1n) is 11.6. The van der Waals surface area contributed by atoms with E-state index >= 15 is 0 Å². The number of Topliss-reactive ketones (excluding diaryl/α,β-unsaturated/α-hetero) is 1. The number of hydrogen-bond acceptors (Lipinski definition) is 7. The zero-order chi connectivity index (χ0) is 22.8. The molecule has 0 aromatic heterocycles. The molecule has 0 radical (unpaired) electrons. The van der Waals surface area contributed by atoms with E-state index in [0.29, 0.717) is 25.9 Å². The van der Waals surface area contributed by atoms with Gasteiger partial charge in [-0.15, -0.1) is 0 Å². The summed E-state index contributed by atoms with van der Waals surface area (Å²) in [5.74, 6) is -1.58. The minimum Gasteiger partial charge on any atom is -0.480 e. The maximum atomic E-state index is 12.1. The van der Waals surface area contributed by atoms with Crippen LogP contribution in [0.2, 0.25) is 0 Å². The number of ketones is 1. The molecular weight excluding hydrogens is 400 g/mol. The van der Waals surface area contributed by atoms with Gasteiger partial charge in [-0.2, -0.15) is 0 Å². The van der Waals surface area contributed by atoms with E-state index in [4.69, 9.17) is 5.11 Å². The van der Waals surface area contributed by atoms with Crippen molar-refractivity contribution in [1.82, 2.24) is 19.6 Å². The summed E-state index contributed by atoms with van der Waals surface area (Å²) in [5.41, 5.74) is 0. The Labute approximate surface area is 186 Å². The average molecular weight is 441 g/mol. The Morgan fingerprint density at radius 3 is 1.94 bits per heavy atom. The zero-order valence-corrected chi connectivity index (χ0v) is 19.2. The summed E-state index contributed by atoms with van der Waals surface area (Å²) in [4.78, 5) is 44.0. The molecule has 2 heterocycles. The molecule has 0 aliphatic carbocycles. The lowest BCUT2D eigenvalue weighted by Gasteiger charge is -2.37. The van der Waals surface area contributed by atoms with Gasteiger partial charge >= 0.3 is 11.9 Å². The van der Waals surface area contributed by atoms with Crippen LogP contribution in [-0.4, -0.2) is 126 Å². The Balaban J connectivity index is 2.03. The van der Waals surface area contributed by atoms with Crippen LogP contribution in [0.1, 0.15) is 39.5 Å². The molecule has 0 saturated carbocycles. The van der Waals surface area contributed by atoms with Crippen LogP contribution >= 0.6 is 0 Å². The van der Waals surface area contributed by atoms with Crippen molar-refractivity contribution in [2.45, 2.75) is 45.6 Å². The van der Waals surface area contributed by atoms with Crippen molar-refractivity contribution in [2.24, 2.45) is 5.92 Å². The van der Waals surface area contributed by atoms with E-state index in [1.165, 1.54) is 0 Å². The lowest BCUT2D eigenvalue weighted by atomic mass is 10.0. The minimum absolute atomic E-state index is 0.0659. The third-order valence-corrected chi connectivity index (χ3v) is 6.43. The van der Waals surface area contributed by atoms with Gasteiger partial charge in [0.2, 0.25) is 0 Å². The van der Waals surface area contributed by atoms with E-state index in [0.717, 1.165) is 65.2 Å². The number of hydrogen-bond donors (Lipinski definition) is 2. The van der Waals surface area contributed by atoms with Gasteiger partial charge in [-0.1, -0.05) is 13.8 Å². The standard InChI is InChI=1S/C22H40N4O5/c1-18(2)20(27)6-5-19(22(30)31)26-10-4-8-23-11-12-24(15-16-26)7-3-9-25(14-13-23)17-21(28)29/h18-19H,3-17H2,1-2H3,(H,28,29)(H,30,31). The van der Waals surface area contributed by atoms with E-state index in [1.54, 1.807) is 0 Å². The largest absolute Gasteiger partial charge is 0.480 e. The molecule has 2 aliphatic heterocycles. The molecule has 9 nitrogen and oxygen atoms in total. The fraction of sp³-hybridized carbons (Fsp3) is 0.864. The number of fused-ring (bicyclic) bond motifs is 3. The minimum atomic E-state index is -0.845. The van der Waals surface area contributed by atoms with Crippen LogP contribution in [0.3, 0.4) is 0 Å². The van der Waals surface area contributed by atoms with Crippen molar-refractivity contribution >= 4 is 17.7 Å². The average Bonchev–Trinajstić information content (AvgIpc) is 2.70. The highest BCUT2D eigenvalue weighted by molar-refractivity contribution is 5.81. The van der Waals surface area contributed by atoms with E-state index in [-0.39, 0.29) is 18.2 Å². The Kier molecular flexibility index (Phi) is 10.9. The molecule has 0 aromatic rings. The summed E-state index contributed by atoms with van der Waals surface area (Å²) in [7, 11) is 0. The van der Waals surface area contributed by atoms with Gasteiger partial charge in [-0.25, -0.2) is 0 Å². The van der Waals surface area contributed by atoms with Crippen molar-refractivity contribution in [3.05, 3.63) is 0 Å². The summed E-state index contributed by atoms with van der Waals surface area (Å²) < 4.78 is 0. The van der Waals surface area contributed by atoms with E-state index in [1.807, 2.05) is 18.7 Å². The molecule has 0 spiro atoms. The van der Waals surface area contributed by atoms with Gasteiger partial charge in [0.05, 0.1) is 6.54 Å². The zero-order valence-electron chi connectivity index (χ0n) is 19.2. The number of carbonyl (C=O) groups excluding carboxylic acids is 1. The normalized spacial score (nSPS) is 25.8. The molecule has 0 amide bonds. The Hall–Kier alpha value is -1.55. The quantitative estimate of drug-likeness (QED) is 0.560. The first-order chi connectivity index (χ1) is 14.8. The van der Waals surface area contributed by atoms with Crippen LogP contribution in [0.4, 0.5) is 0 Å². The maximum Gasteiger partial charge on any atom is 0.320 e. The smallest absolute Gasteiger partial charge is 0.320 e. The first-order valence-corrected chi connectivity index (χ1v) is 11.6. The Morgan fingerprint density at radius 2 is 1.35 bits per heavy atom. The van der Waals surface area contributed by atoms with Crippen LogP contribution in [0.5, 0.6) is 0 Å². The molecule has 3 atom stereocenters. The summed E-state index contributed by atoms with van der Waals surface area (Å²) >= 11 is 0. The second kappa shape index (κ2) is 13.1. The Morgan fingerprint density at radius 1 is 0.774 bits per heavy atom. The molecule has 9 heteroatoms. The van der Waals surface area contributed by atoms with E-state index < -0.39 is 18.0 Å². The SMILES string of the molecule is CC(C)C(=O)CCC(C(=O)O)N1CCCN2CCN(CCCN(CC(=O)O)CC2)CC1. The highest BCUT2D eigenvalue weighted by atomic mass is 16.4. The van der Waals surface area contributed by atoms with Crippen molar-refractivity contribution in [3.63, 3.8) is 0 Å². The fourth-order valence-corrected chi connectivity index (χ4v) is 4.44. The molecule has 2 N–H and O–H groups in total. The van der Waals surface area contributed by atoms with Gasteiger partial charge in [0, 0.05) is 64.7 Å². The number of nitrogens with zero attached hydrogens (tertiary/aromatic N) is 4. The third-order valence-electron chi connectivity index (χ3n) is 6.43. The van der Waals surface area contributed by atoms with Crippen LogP contribution in [-0.2, 0) is 14.4 Å². The highest BCUT2D eigenvalue weighted by Gasteiger charge is 2.28. The predicted octanol–water partition coefficient (Wildman–Crippen LogP) is 0.545. The number of carboxylic acids is 2. The van der Waals surface area contributed by atoms with Crippen LogP contribution in [0.25, 0.3) is 0 Å². The number of carboxylic acid groups (broad SMARTS) is 2. The lowest BCUT2D eigenvalue weighted by molar-refractivity contribution is -0.144. The fourth-order valence-electron chi connectivity index (χ4n) is 4.44. The van der Waals surface area contributed by atoms with Gasteiger partial charge in [0.1, 0.15) is 11.8 Å². The molecular formula is C22H40N4O5. The van der Waals surface area contributed by atoms with Gasteiger partial charge < -0.3 is 20.0 Å². The number of aliphatic carboxylic acids is 2. The number of carbonyl (C=O) groups is 3. The predicted molar refractivity (Wildman–Crippen MR) is 118 cm³/mol. The molecule has 2 bridgehead atoms. The van der Waals surface area contributed by atoms with Crippen LogP contribution in [0.15, 0.2) is 0 Å². The highest BCUT2D eigenvalue weighted by Crippen LogP contribution is 2.14. The topological polar surface area (TPSA) is 105 Å². The molecule has 3 unspecified atom stereocenters. The van der Waals surface area contributed by atoms with Gasteiger partial charge in [-0.3, -0.25) is 24.2 Å². The molecule has 31 heavy (non-hydrogen) atoms. The van der Waals surface area contributed by atoms with Crippen LogP contribution in [0, 0.1) is 5.92 Å². The van der Waals surface area contributed by atoms with Gasteiger partial charge in [0.15, 0.2) is 0 Å². The molecule has 178 valence electrons. The van der Waals surface area contributed by atoms with Crippen molar-refractivity contribution in [2.75, 3.05) is 72.0 Å². The lowest BCUT2D eigenvalue weighted by Crippen LogP contribution is -2.50. The van der Waals surface area contributed by atoms with Gasteiger partial charge in [-0.05, 0) is 32.4 Å². The molecule has 0 aromatic carbocycles. The monoisotopic (exact) mass is 440 g/mol.